The largest absolute Gasteiger partial charge is 0.492 e. The number of hydrogen-bond donors (Lipinski definition) is 2. The first-order valence-electron chi connectivity index (χ1n) is 6.63. The van der Waals surface area contributed by atoms with E-state index >= 15 is 0 Å². The highest BCUT2D eigenvalue weighted by Crippen LogP contribution is 2.30. The maximum atomic E-state index is 11.5. The molecule has 104 valence electrons. The number of nitrogen functional groups attached to an aromatic ring is 1. The Balaban J connectivity index is 2.07. The van der Waals surface area contributed by atoms with E-state index in [4.69, 9.17) is 10.5 Å². The first kappa shape index (κ1) is 13.5. The van der Waals surface area contributed by atoms with Crippen molar-refractivity contribution in [3.63, 3.8) is 0 Å². The van der Waals surface area contributed by atoms with Crippen LogP contribution in [-0.4, -0.2) is 37.0 Å². The zero-order valence-corrected chi connectivity index (χ0v) is 11.5. The number of carbonyl (C=O) groups is 1. The molecule has 5 heteroatoms. The Morgan fingerprint density at radius 2 is 2.32 bits per heavy atom. The Hall–Kier alpha value is -1.91. The Morgan fingerprint density at radius 1 is 1.53 bits per heavy atom. The van der Waals surface area contributed by atoms with Crippen LogP contribution < -0.4 is 15.8 Å². The van der Waals surface area contributed by atoms with E-state index in [-0.39, 0.29) is 11.9 Å². The lowest BCUT2D eigenvalue weighted by Gasteiger charge is -2.31. The Bertz CT molecular complexity index is 462. The smallest absolute Gasteiger partial charge is 0.222 e. The van der Waals surface area contributed by atoms with Gasteiger partial charge in [0.15, 0.2) is 0 Å². The van der Waals surface area contributed by atoms with Gasteiger partial charge in [-0.3, -0.25) is 4.79 Å². The van der Waals surface area contributed by atoms with Gasteiger partial charge in [-0.15, -0.1) is 0 Å². The first-order chi connectivity index (χ1) is 9.11. The van der Waals surface area contributed by atoms with Gasteiger partial charge < -0.3 is 20.7 Å². The molecule has 2 rings (SSSR count). The average Bonchev–Trinajstić information content (AvgIpc) is 2.39. The molecule has 1 atom stereocenters. The summed E-state index contributed by atoms with van der Waals surface area (Å²) in [6, 6.07) is 5.96. The minimum absolute atomic E-state index is 0.203. The van der Waals surface area contributed by atoms with Gasteiger partial charge in [0.25, 0.3) is 0 Å². The van der Waals surface area contributed by atoms with Gasteiger partial charge in [-0.2, -0.15) is 0 Å². The third-order valence-electron chi connectivity index (χ3n) is 3.35. The molecule has 1 heterocycles. The van der Waals surface area contributed by atoms with E-state index < -0.39 is 0 Å². The molecular weight excluding hydrogens is 242 g/mol. The molecule has 1 aliphatic heterocycles. The number of nitrogens with one attached hydrogen (secondary N) is 1. The lowest BCUT2D eigenvalue weighted by Crippen LogP contribution is -2.43. The molecule has 5 nitrogen and oxygen atoms in total. The number of nitrogens with two attached hydrogens (primary N) is 1. The minimum atomic E-state index is 0.203. The van der Waals surface area contributed by atoms with Gasteiger partial charge in [0, 0.05) is 26.1 Å². The molecular formula is C14H21N3O2. The molecule has 19 heavy (non-hydrogen) atoms. The molecule has 0 aromatic heterocycles. The molecule has 3 N–H and O–H groups in total. The normalized spacial score (nSPS) is 19.4. The van der Waals surface area contributed by atoms with Crippen LogP contribution >= 0.6 is 0 Å². The topological polar surface area (TPSA) is 67.6 Å². The number of ether oxygens (including phenoxy) is 1. The van der Waals surface area contributed by atoms with Gasteiger partial charge in [-0.25, -0.2) is 0 Å². The monoisotopic (exact) mass is 263 g/mol. The second-order valence-electron chi connectivity index (χ2n) is 4.80. The van der Waals surface area contributed by atoms with E-state index in [0.29, 0.717) is 31.0 Å². The number of amides is 1. The van der Waals surface area contributed by atoms with Crippen molar-refractivity contribution in [3.05, 3.63) is 18.2 Å². The molecule has 0 bridgehead atoms. The predicted octanol–water partition coefficient (Wildman–Crippen LogP) is 1.70. The van der Waals surface area contributed by atoms with Gasteiger partial charge in [0.2, 0.25) is 5.91 Å². The van der Waals surface area contributed by atoms with Crippen LogP contribution in [0.25, 0.3) is 0 Å². The number of rotatable bonds is 4. The Labute approximate surface area is 113 Å². The van der Waals surface area contributed by atoms with Gasteiger partial charge in [0.05, 0.1) is 18.0 Å². The number of anilines is 2. The second kappa shape index (κ2) is 5.82. The van der Waals surface area contributed by atoms with E-state index in [2.05, 4.69) is 5.32 Å². The zero-order valence-electron chi connectivity index (χ0n) is 11.5. The molecule has 0 spiro atoms. The van der Waals surface area contributed by atoms with E-state index in [1.54, 1.807) is 4.90 Å². The number of hydrogen-bond acceptors (Lipinski definition) is 4. The summed E-state index contributed by atoms with van der Waals surface area (Å²) in [5.74, 6) is 0.904. The van der Waals surface area contributed by atoms with Crippen LogP contribution in [0.15, 0.2) is 18.2 Å². The molecule has 1 aromatic carbocycles. The van der Waals surface area contributed by atoms with Crippen LogP contribution in [0.4, 0.5) is 11.4 Å². The first-order valence-corrected chi connectivity index (χ1v) is 6.63. The van der Waals surface area contributed by atoms with Gasteiger partial charge >= 0.3 is 0 Å². The summed E-state index contributed by atoms with van der Waals surface area (Å²) in [4.78, 5) is 13.2. The number of carbonyl (C=O) groups excluding carboxylic acids is 1. The molecule has 0 aliphatic carbocycles. The van der Waals surface area contributed by atoms with Crippen molar-refractivity contribution in [3.8, 4) is 5.75 Å². The fraction of sp³-hybridized carbons (Fsp3) is 0.500. The summed E-state index contributed by atoms with van der Waals surface area (Å²) >= 11 is 0. The third kappa shape index (κ3) is 3.10. The van der Waals surface area contributed by atoms with E-state index in [0.717, 1.165) is 12.1 Å². The van der Waals surface area contributed by atoms with Crippen LogP contribution in [-0.2, 0) is 4.79 Å². The maximum Gasteiger partial charge on any atom is 0.222 e. The van der Waals surface area contributed by atoms with Crippen LogP contribution in [0.2, 0.25) is 0 Å². The van der Waals surface area contributed by atoms with Crippen LogP contribution in [0.1, 0.15) is 19.8 Å². The number of para-hydroxylation sites is 1. The zero-order chi connectivity index (χ0) is 13.8. The van der Waals surface area contributed by atoms with E-state index in [9.17, 15) is 4.79 Å². The molecule has 1 aromatic rings. The molecule has 1 unspecified atom stereocenters. The number of benzene rings is 1. The third-order valence-corrected chi connectivity index (χ3v) is 3.35. The quantitative estimate of drug-likeness (QED) is 0.811. The van der Waals surface area contributed by atoms with Crippen molar-refractivity contribution in [2.75, 3.05) is 31.2 Å². The minimum Gasteiger partial charge on any atom is -0.492 e. The standard InChI is InChI=1S/C14H21N3O2/c1-3-19-12-6-4-5-11(14(12)15)16-10-7-8-13(18)17(2)9-10/h4-6,10,16H,3,7-9,15H2,1-2H3. The number of likely N-dealkylation sites (N-methyl/N-ethyl adjacent to an activating group) is 1. The number of likely N-dealkylation sites (tertiary alicyclic amines) is 1. The summed E-state index contributed by atoms with van der Waals surface area (Å²) in [6.07, 6.45) is 1.42. The summed E-state index contributed by atoms with van der Waals surface area (Å²) in [5.41, 5.74) is 7.58. The van der Waals surface area contributed by atoms with Crippen LogP contribution in [0.3, 0.4) is 0 Å². The summed E-state index contributed by atoms with van der Waals surface area (Å²) in [7, 11) is 1.83. The highest BCUT2D eigenvalue weighted by Gasteiger charge is 2.23. The summed E-state index contributed by atoms with van der Waals surface area (Å²) in [6.45, 7) is 3.23. The van der Waals surface area contributed by atoms with Gasteiger partial charge in [-0.05, 0) is 25.5 Å². The van der Waals surface area contributed by atoms with E-state index in [1.165, 1.54) is 0 Å². The summed E-state index contributed by atoms with van der Waals surface area (Å²) in [5, 5.41) is 3.40. The van der Waals surface area contributed by atoms with Crippen LogP contribution in [0.5, 0.6) is 5.75 Å². The highest BCUT2D eigenvalue weighted by molar-refractivity contribution is 5.77. The fourth-order valence-corrected chi connectivity index (χ4v) is 2.30. The van der Waals surface area contributed by atoms with Crippen molar-refractivity contribution in [2.24, 2.45) is 0 Å². The van der Waals surface area contributed by atoms with Crippen molar-refractivity contribution in [2.45, 2.75) is 25.8 Å². The van der Waals surface area contributed by atoms with Crippen LogP contribution in [0, 0.1) is 0 Å². The van der Waals surface area contributed by atoms with Gasteiger partial charge in [0.1, 0.15) is 5.75 Å². The van der Waals surface area contributed by atoms with Crippen molar-refractivity contribution < 1.29 is 9.53 Å². The molecule has 1 amide bonds. The molecule has 0 radical (unpaired) electrons. The second-order valence-corrected chi connectivity index (χ2v) is 4.80. The lowest BCUT2D eigenvalue weighted by molar-refractivity contribution is -0.132. The fourth-order valence-electron chi connectivity index (χ4n) is 2.30. The highest BCUT2D eigenvalue weighted by atomic mass is 16.5. The molecule has 1 saturated heterocycles. The lowest BCUT2D eigenvalue weighted by atomic mass is 10.1. The number of nitrogens with zero attached hydrogens (tertiary/aromatic N) is 1. The van der Waals surface area contributed by atoms with E-state index in [1.807, 2.05) is 32.2 Å². The molecule has 0 saturated carbocycles. The summed E-state index contributed by atoms with van der Waals surface area (Å²) < 4.78 is 5.48. The molecule has 1 fully saturated rings. The Morgan fingerprint density at radius 3 is 3.00 bits per heavy atom. The van der Waals surface area contributed by atoms with Crippen molar-refractivity contribution in [1.82, 2.24) is 4.90 Å². The van der Waals surface area contributed by atoms with Crippen molar-refractivity contribution in [1.29, 1.82) is 0 Å². The van der Waals surface area contributed by atoms with Gasteiger partial charge in [-0.1, -0.05) is 6.07 Å². The SMILES string of the molecule is CCOc1cccc(NC2CCC(=O)N(C)C2)c1N. The average molecular weight is 263 g/mol. The maximum absolute atomic E-state index is 11.5. The predicted molar refractivity (Wildman–Crippen MR) is 76.3 cm³/mol. The number of piperidine rings is 1. The molecule has 1 aliphatic rings. The Kier molecular flexibility index (Phi) is 4.14. The van der Waals surface area contributed by atoms with Crippen molar-refractivity contribution >= 4 is 17.3 Å².